The lowest BCUT2D eigenvalue weighted by molar-refractivity contribution is 0.0697. The molecule has 0 spiro atoms. The zero-order valence-electron chi connectivity index (χ0n) is 9.85. The highest BCUT2D eigenvalue weighted by Gasteiger charge is 2.27. The highest BCUT2D eigenvalue weighted by Crippen LogP contribution is 2.26. The fourth-order valence-electron chi connectivity index (χ4n) is 2.37. The van der Waals surface area contributed by atoms with Gasteiger partial charge in [0.25, 0.3) is 0 Å². The lowest BCUT2D eigenvalue weighted by atomic mass is 10.1. The number of hydrogen-bond donors (Lipinski definition) is 2. The first-order valence-electron chi connectivity index (χ1n) is 5.84. The minimum atomic E-state index is -0.903. The van der Waals surface area contributed by atoms with Crippen LogP contribution in [0.15, 0.2) is 24.3 Å². The summed E-state index contributed by atoms with van der Waals surface area (Å²) in [6.45, 7) is 0. The second-order valence-electron chi connectivity index (χ2n) is 4.31. The Balaban J connectivity index is 2.15. The topological polar surface area (TPSA) is 58.6 Å². The first-order chi connectivity index (χ1) is 8.22. The van der Waals surface area contributed by atoms with Crippen LogP contribution in [0.3, 0.4) is 0 Å². The van der Waals surface area contributed by atoms with Crippen molar-refractivity contribution in [2.45, 2.75) is 31.4 Å². The molecule has 0 heterocycles. The summed E-state index contributed by atoms with van der Waals surface area (Å²) in [6, 6.07) is 7.19. The van der Waals surface area contributed by atoms with E-state index < -0.39 is 5.97 Å². The van der Waals surface area contributed by atoms with Gasteiger partial charge in [-0.2, -0.15) is 0 Å². The van der Waals surface area contributed by atoms with Crippen LogP contribution in [0.2, 0.25) is 0 Å². The van der Waals surface area contributed by atoms with Crippen LogP contribution in [0.4, 0.5) is 5.69 Å². The SMILES string of the molecule is COC1CCCC1Nc1ccccc1C(=O)O. The highest BCUT2D eigenvalue weighted by atomic mass is 16.5. The van der Waals surface area contributed by atoms with Crippen LogP contribution in [-0.4, -0.2) is 30.3 Å². The van der Waals surface area contributed by atoms with E-state index in [2.05, 4.69) is 5.32 Å². The predicted octanol–water partition coefficient (Wildman–Crippen LogP) is 2.36. The number of carboxylic acid groups (broad SMARTS) is 1. The Hall–Kier alpha value is -1.55. The van der Waals surface area contributed by atoms with E-state index >= 15 is 0 Å². The van der Waals surface area contributed by atoms with Gasteiger partial charge in [-0.1, -0.05) is 12.1 Å². The van der Waals surface area contributed by atoms with E-state index in [1.165, 1.54) is 0 Å². The molecular formula is C13H17NO3. The van der Waals surface area contributed by atoms with E-state index in [-0.39, 0.29) is 12.1 Å². The van der Waals surface area contributed by atoms with Crippen LogP contribution in [0.1, 0.15) is 29.6 Å². The molecule has 4 nitrogen and oxygen atoms in total. The molecule has 1 aliphatic carbocycles. The van der Waals surface area contributed by atoms with Crippen LogP contribution >= 0.6 is 0 Å². The van der Waals surface area contributed by atoms with Crippen LogP contribution in [0, 0.1) is 0 Å². The molecular weight excluding hydrogens is 218 g/mol. The molecule has 0 saturated heterocycles. The smallest absolute Gasteiger partial charge is 0.337 e. The Bertz CT molecular complexity index is 405. The summed E-state index contributed by atoms with van der Waals surface area (Å²) in [4.78, 5) is 11.1. The van der Waals surface area contributed by atoms with Gasteiger partial charge in [-0.15, -0.1) is 0 Å². The van der Waals surface area contributed by atoms with Gasteiger partial charge in [0.15, 0.2) is 0 Å². The second kappa shape index (κ2) is 5.19. The predicted molar refractivity (Wildman–Crippen MR) is 65.5 cm³/mol. The minimum absolute atomic E-state index is 0.178. The largest absolute Gasteiger partial charge is 0.478 e. The number of carbonyl (C=O) groups is 1. The maximum Gasteiger partial charge on any atom is 0.337 e. The Morgan fingerprint density at radius 2 is 2.18 bits per heavy atom. The van der Waals surface area contributed by atoms with Crippen LogP contribution in [-0.2, 0) is 4.74 Å². The second-order valence-corrected chi connectivity index (χ2v) is 4.31. The van der Waals surface area contributed by atoms with E-state index in [0.29, 0.717) is 11.3 Å². The molecule has 1 aliphatic rings. The number of hydrogen-bond acceptors (Lipinski definition) is 3. The number of anilines is 1. The lowest BCUT2D eigenvalue weighted by Crippen LogP contribution is -2.30. The number of ether oxygens (including phenoxy) is 1. The summed E-state index contributed by atoms with van der Waals surface area (Å²) in [7, 11) is 1.70. The van der Waals surface area contributed by atoms with Crippen molar-refractivity contribution in [2.24, 2.45) is 0 Å². The molecule has 2 N–H and O–H groups in total. The molecule has 92 valence electrons. The Kier molecular flexibility index (Phi) is 3.64. The molecule has 1 aromatic carbocycles. The molecule has 0 aromatic heterocycles. The molecule has 2 unspecified atom stereocenters. The average molecular weight is 235 g/mol. The van der Waals surface area contributed by atoms with Crippen molar-refractivity contribution in [3.63, 3.8) is 0 Å². The first-order valence-corrected chi connectivity index (χ1v) is 5.84. The molecule has 4 heteroatoms. The third-order valence-corrected chi connectivity index (χ3v) is 3.25. The highest BCUT2D eigenvalue weighted by molar-refractivity contribution is 5.94. The van der Waals surface area contributed by atoms with E-state index in [1.807, 2.05) is 6.07 Å². The summed E-state index contributed by atoms with van der Waals surface area (Å²) in [5, 5.41) is 12.4. The molecule has 17 heavy (non-hydrogen) atoms. The Morgan fingerprint density at radius 1 is 1.41 bits per heavy atom. The standard InChI is InChI=1S/C13H17NO3/c1-17-12-8-4-7-11(12)14-10-6-3-2-5-9(10)13(15)16/h2-3,5-6,11-12,14H,4,7-8H2,1H3,(H,15,16). The van der Waals surface area contributed by atoms with Gasteiger partial charge in [0.05, 0.1) is 17.7 Å². The maximum absolute atomic E-state index is 11.1. The molecule has 1 fully saturated rings. The molecule has 2 rings (SSSR count). The van der Waals surface area contributed by atoms with Gasteiger partial charge in [0, 0.05) is 12.8 Å². The fraction of sp³-hybridized carbons (Fsp3) is 0.462. The van der Waals surface area contributed by atoms with Gasteiger partial charge < -0.3 is 15.2 Å². The van der Waals surface area contributed by atoms with Crippen molar-refractivity contribution in [1.82, 2.24) is 0 Å². The number of carboxylic acids is 1. The summed E-state index contributed by atoms with van der Waals surface area (Å²) in [6.07, 6.45) is 3.35. The van der Waals surface area contributed by atoms with Gasteiger partial charge in [0.1, 0.15) is 0 Å². The molecule has 1 saturated carbocycles. The third kappa shape index (κ3) is 2.58. The molecule has 2 atom stereocenters. The van der Waals surface area contributed by atoms with Crippen LogP contribution in [0.5, 0.6) is 0 Å². The van der Waals surface area contributed by atoms with Crippen molar-refractivity contribution >= 4 is 11.7 Å². The summed E-state index contributed by atoms with van der Waals surface area (Å²) >= 11 is 0. The van der Waals surface area contributed by atoms with Crippen molar-refractivity contribution in [2.75, 3.05) is 12.4 Å². The van der Waals surface area contributed by atoms with Gasteiger partial charge in [-0.3, -0.25) is 0 Å². The van der Waals surface area contributed by atoms with Crippen LogP contribution in [0.25, 0.3) is 0 Å². The van der Waals surface area contributed by atoms with Gasteiger partial charge in [0.2, 0.25) is 0 Å². The number of benzene rings is 1. The molecule has 0 radical (unpaired) electrons. The van der Waals surface area contributed by atoms with E-state index in [4.69, 9.17) is 9.84 Å². The zero-order chi connectivity index (χ0) is 12.3. The van der Waals surface area contributed by atoms with E-state index in [1.54, 1.807) is 25.3 Å². The molecule has 0 amide bonds. The molecule has 0 aliphatic heterocycles. The first kappa shape index (κ1) is 11.9. The fourth-order valence-corrected chi connectivity index (χ4v) is 2.37. The molecule has 0 bridgehead atoms. The lowest BCUT2D eigenvalue weighted by Gasteiger charge is -2.21. The van der Waals surface area contributed by atoms with E-state index in [9.17, 15) is 4.79 Å². The summed E-state index contributed by atoms with van der Waals surface area (Å²) < 4.78 is 5.39. The van der Waals surface area contributed by atoms with Gasteiger partial charge in [-0.05, 0) is 31.4 Å². The minimum Gasteiger partial charge on any atom is -0.478 e. The number of methoxy groups -OCH3 is 1. The number of aromatic carboxylic acids is 1. The van der Waals surface area contributed by atoms with Crippen molar-refractivity contribution in [3.05, 3.63) is 29.8 Å². The third-order valence-electron chi connectivity index (χ3n) is 3.25. The number of rotatable bonds is 4. The summed E-state index contributed by atoms with van der Waals surface area (Å²) in [5.41, 5.74) is 0.989. The van der Waals surface area contributed by atoms with E-state index in [0.717, 1.165) is 19.3 Å². The number of nitrogens with one attached hydrogen (secondary N) is 1. The Labute approximate surface area is 101 Å². The van der Waals surface area contributed by atoms with Gasteiger partial charge >= 0.3 is 5.97 Å². The van der Waals surface area contributed by atoms with Gasteiger partial charge in [-0.25, -0.2) is 4.79 Å². The molecule has 1 aromatic rings. The van der Waals surface area contributed by atoms with Crippen molar-refractivity contribution < 1.29 is 14.6 Å². The van der Waals surface area contributed by atoms with Crippen molar-refractivity contribution in [3.8, 4) is 0 Å². The average Bonchev–Trinajstić information content (AvgIpc) is 2.77. The maximum atomic E-state index is 11.1. The summed E-state index contributed by atoms with van der Waals surface area (Å²) in [5.74, 6) is -0.903. The number of para-hydroxylation sites is 1. The monoisotopic (exact) mass is 235 g/mol. The normalized spacial score (nSPS) is 23.6. The Morgan fingerprint density at radius 3 is 2.88 bits per heavy atom. The zero-order valence-corrected chi connectivity index (χ0v) is 9.85. The van der Waals surface area contributed by atoms with Crippen LogP contribution < -0.4 is 5.32 Å². The van der Waals surface area contributed by atoms with Crippen molar-refractivity contribution in [1.29, 1.82) is 0 Å². The quantitative estimate of drug-likeness (QED) is 0.841.